The van der Waals surface area contributed by atoms with Crippen LogP contribution in [0.4, 0.5) is 0 Å². The van der Waals surface area contributed by atoms with Gasteiger partial charge in [0.25, 0.3) is 11.8 Å². The third kappa shape index (κ3) is 16.4. The zero-order valence-corrected chi connectivity index (χ0v) is 47.9. The Labute approximate surface area is 493 Å². The molecule has 3 fully saturated rings. The second-order valence-corrected chi connectivity index (χ2v) is 22.1. The highest BCUT2D eigenvalue weighted by Gasteiger charge is 2.46. The maximum absolute atomic E-state index is 14.7. The lowest BCUT2D eigenvalue weighted by molar-refractivity contribution is -0.145. The Kier molecular flexibility index (Phi) is 21.5. The fourth-order valence-corrected chi connectivity index (χ4v) is 10.9. The van der Waals surface area contributed by atoms with Gasteiger partial charge in [-0.3, -0.25) is 38.4 Å². The molecule has 8 amide bonds. The fourth-order valence-electron chi connectivity index (χ4n) is 10.9. The average Bonchev–Trinajstić information content (AvgIpc) is 4.37. The molecule has 10 N–H and O–H groups in total. The van der Waals surface area contributed by atoms with Crippen LogP contribution in [0.15, 0.2) is 127 Å². The number of carbonyl (C=O) groups is 8. The second kappa shape index (κ2) is 29.2. The van der Waals surface area contributed by atoms with Crippen LogP contribution in [0, 0.1) is 0 Å². The van der Waals surface area contributed by atoms with Gasteiger partial charge in [0.15, 0.2) is 0 Å². The van der Waals surface area contributed by atoms with E-state index < -0.39 is 114 Å². The van der Waals surface area contributed by atoms with Gasteiger partial charge >= 0.3 is 0 Å². The first kappa shape index (κ1) is 62.4. The first-order valence-electron chi connectivity index (χ1n) is 29.1. The smallest absolute Gasteiger partial charge is 0.251 e. The lowest BCUT2D eigenvalue weighted by Crippen LogP contribution is -2.61. The van der Waals surface area contributed by atoms with E-state index in [4.69, 9.17) is 4.74 Å². The quantitative estimate of drug-likeness (QED) is 0.0634. The van der Waals surface area contributed by atoms with Gasteiger partial charge in [0.1, 0.15) is 47.8 Å². The largest absolute Gasteiger partial charge is 0.508 e. The van der Waals surface area contributed by atoms with Gasteiger partial charge in [0.2, 0.25) is 35.4 Å². The number of ether oxygens (including phenoxy) is 1. The van der Waals surface area contributed by atoms with E-state index in [1.165, 1.54) is 26.0 Å². The number of benzene rings is 5. The zero-order valence-electron chi connectivity index (χ0n) is 47.9. The summed E-state index contributed by atoms with van der Waals surface area (Å²) in [5.41, 5.74) is 4.88. The standard InChI is InChI=1S/C64H76N8O13/c1-4-5-9-33-85-50-29-25-44(26-30-50)42-19-17-41(18-20-42)43-21-23-46(24-22-43)58(78)67-51-13-10-32-65-61(81)53-34-47(66-57(77)45-11-7-6-8-12-45)36-71(53)63(83)55(38(2)73)70-60(80)52(31-16-40-14-27-48(75)28-15-40)68-62(82)54-35-49(76)37-72(54)64(84)56(39(3)74)69-59(51)79/h6-8,11-12,14-15,17-30,38-39,47,49,51-56,73-76H,4-5,9-10,13,16,31-37H2,1-3H3,(H,65,81)(H,66,77)(H,67,78)(H,68,82)(H,69,79)(H,70,80)/t38-,39-,47+,49-,51?,52?,53?,54?,55?,56?/m1/s1. The predicted molar refractivity (Wildman–Crippen MR) is 315 cm³/mol. The number of aromatic hydroxyl groups is 1. The number of carbonyl (C=O) groups excluding carboxylic acids is 8. The Morgan fingerprint density at radius 2 is 1.16 bits per heavy atom. The van der Waals surface area contributed by atoms with Gasteiger partial charge in [0.05, 0.1) is 24.9 Å². The molecule has 21 nitrogen and oxygen atoms in total. The van der Waals surface area contributed by atoms with Gasteiger partial charge in [-0.25, -0.2) is 0 Å². The van der Waals surface area contributed by atoms with Crippen LogP contribution in [0.2, 0.25) is 0 Å². The predicted octanol–water partition coefficient (Wildman–Crippen LogP) is 3.51. The number of aliphatic hydroxyl groups is 3. The number of nitrogens with one attached hydrogen (secondary N) is 6. The lowest BCUT2D eigenvalue weighted by Gasteiger charge is -2.32. The average molecular weight is 1170 g/mol. The van der Waals surface area contributed by atoms with Crippen molar-refractivity contribution in [2.75, 3.05) is 26.2 Å². The van der Waals surface area contributed by atoms with E-state index in [9.17, 15) is 58.8 Å². The summed E-state index contributed by atoms with van der Waals surface area (Å²) in [7, 11) is 0. The minimum absolute atomic E-state index is 0.0133. The Balaban J connectivity index is 1.05. The van der Waals surface area contributed by atoms with Crippen molar-refractivity contribution in [1.29, 1.82) is 0 Å². The molecule has 10 atom stereocenters. The lowest BCUT2D eigenvalue weighted by atomic mass is 9.99. The van der Waals surface area contributed by atoms with Gasteiger partial charge in [-0.2, -0.15) is 0 Å². The van der Waals surface area contributed by atoms with E-state index in [-0.39, 0.29) is 62.9 Å². The molecule has 8 rings (SSSR count). The summed E-state index contributed by atoms with van der Waals surface area (Å²) >= 11 is 0. The van der Waals surface area contributed by atoms with E-state index >= 15 is 0 Å². The van der Waals surface area contributed by atoms with Gasteiger partial charge in [-0.15, -0.1) is 0 Å². The normalized spacial score (nSPS) is 23.4. The summed E-state index contributed by atoms with van der Waals surface area (Å²) in [4.78, 5) is 117. The number of aryl methyl sites for hydroxylation is 1. The SMILES string of the molecule is CCCCCOc1ccc(-c2ccc(-c3ccc(C(=O)NC4CCCNC(=O)C5C[C@H](NC(=O)c6ccccc6)CN5C(=O)C([C@@H](C)O)NC(=O)C(CCc5ccc(O)cc5)NC(=O)C5C[C@@H](O)CN5C(=O)C([C@@H](C)O)NC4=O)cc3)cc2)cc1. The summed E-state index contributed by atoms with van der Waals surface area (Å²) in [6, 6.07) is 27.3. The van der Waals surface area contributed by atoms with Crippen LogP contribution in [0.25, 0.3) is 22.3 Å². The number of aliphatic hydroxyl groups excluding tert-OH is 3. The van der Waals surface area contributed by atoms with Gasteiger partial charge in [0, 0.05) is 43.2 Å². The molecule has 0 bridgehead atoms. The molecule has 85 heavy (non-hydrogen) atoms. The maximum atomic E-state index is 14.7. The molecule has 450 valence electrons. The summed E-state index contributed by atoms with van der Waals surface area (Å²) in [5, 5.41) is 59.5. The Morgan fingerprint density at radius 3 is 1.76 bits per heavy atom. The van der Waals surface area contributed by atoms with Crippen molar-refractivity contribution < 1.29 is 63.5 Å². The van der Waals surface area contributed by atoms with E-state index in [0.717, 1.165) is 57.1 Å². The molecule has 21 heteroatoms. The Morgan fingerprint density at radius 1 is 0.624 bits per heavy atom. The minimum Gasteiger partial charge on any atom is -0.508 e. The Hall–Kier alpha value is -8.66. The highest BCUT2D eigenvalue weighted by molar-refractivity contribution is 6.00. The molecule has 6 unspecified atom stereocenters. The van der Waals surface area contributed by atoms with Crippen LogP contribution in [0.3, 0.4) is 0 Å². The first-order chi connectivity index (χ1) is 40.9. The molecule has 0 saturated carbocycles. The van der Waals surface area contributed by atoms with E-state index in [2.05, 4.69) is 38.8 Å². The molecule has 3 saturated heterocycles. The number of rotatable bonds is 16. The van der Waals surface area contributed by atoms with Gasteiger partial charge in [-0.05, 0) is 129 Å². The van der Waals surface area contributed by atoms with Crippen molar-refractivity contribution in [3.8, 4) is 33.8 Å². The van der Waals surface area contributed by atoms with Crippen molar-refractivity contribution in [1.82, 2.24) is 41.7 Å². The van der Waals surface area contributed by atoms with Crippen molar-refractivity contribution in [2.24, 2.45) is 0 Å². The molecular formula is C64H76N8O13. The number of hydrogen-bond acceptors (Lipinski definition) is 13. The molecule has 3 aliphatic rings. The number of phenols is 1. The number of unbranched alkanes of at least 4 members (excludes halogenated alkanes) is 2. The third-order valence-corrected chi connectivity index (χ3v) is 15.7. The molecule has 0 radical (unpaired) electrons. The summed E-state index contributed by atoms with van der Waals surface area (Å²) < 4.78 is 5.87. The van der Waals surface area contributed by atoms with Crippen LogP contribution in [0.5, 0.6) is 11.5 Å². The molecule has 5 aromatic carbocycles. The van der Waals surface area contributed by atoms with Crippen LogP contribution in [-0.4, -0.2) is 164 Å². The Bertz CT molecular complexity index is 3130. The van der Waals surface area contributed by atoms with Crippen LogP contribution in [-0.2, 0) is 35.2 Å². The minimum atomic E-state index is -1.71. The first-order valence-corrected chi connectivity index (χ1v) is 29.1. The zero-order chi connectivity index (χ0) is 60.7. The number of phenolic OH excluding ortho intramolecular Hbond substituents is 1. The number of amides is 8. The number of hydrogen-bond donors (Lipinski definition) is 10. The molecule has 0 aromatic heterocycles. The van der Waals surface area contributed by atoms with E-state index in [1.54, 1.807) is 66.7 Å². The summed E-state index contributed by atoms with van der Waals surface area (Å²) in [6.07, 6.45) is -1.60. The molecular weight excluding hydrogens is 1090 g/mol. The molecule has 5 aromatic rings. The molecule has 3 aliphatic heterocycles. The van der Waals surface area contributed by atoms with Crippen molar-refractivity contribution in [2.45, 2.75) is 139 Å². The summed E-state index contributed by atoms with van der Waals surface area (Å²) in [5.74, 6) is -5.53. The van der Waals surface area contributed by atoms with Crippen LogP contribution < -0.4 is 36.6 Å². The summed E-state index contributed by atoms with van der Waals surface area (Å²) in [6.45, 7) is 4.62. The van der Waals surface area contributed by atoms with Gasteiger partial charge < -0.3 is 66.9 Å². The second-order valence-electron chi connectivity index (χ2n) is 22.1. The van der Waals surface area contributed by atoms with E-state index in [1.807, 2.05) is 48.5 Å². The number of fused-ring (bicyclic) bond motifs is 2. The monoisotopic (exact) mass is 1160 g/mol. The molecule has 0 spiro atoms. The molecule has 3 heterocycles. The molecule has 0 aliphatic carbocycles. The highest BCUT2D eigenvalue weighted by atomic mass is 16.5. The van der Waals surface area contributed by atoms with Crippen LogP contribution in [0.1, 0.15) is 98.4 Å². The fraction of sp³-hybridized carbons (Fsp3) is 0.406. The number of nitrogens with zero attached hydrogens (tertiary/aromatic N) is 2. The van der Waals surface area contributed by atoms with Gasteiger partial charge in [-0.1, -0.05) is 98.6 Å². The van der Waals surface area contributed by atoms with E-state index in [0.29, 0.717) is 17.7 Å². The maximum Gasteiger partial charge on any atom is 0.251 e. The van der Waals surface area contributed by atoms with Crippen molar-refractivity contribution in [3.63, 3.8) is 0 Å². The highest BCUT2D eigenvalue weighted by Crippen LogP contribution is 2.28. The third-order valence-electron chi connectivity index (χ3n) is 15.7. The topological polar surface area (TPSA) is 305 Å². The van der Waals surface area contributed by atoms with Crippen LogP contribution >= 0.6 is 0 Å². The van der Waals surface area contributed by atoms with Crippen molar-refractivity contribution >= 4 is 47.3 Å². The van der Waals surface area contributed by atoms with Crippen molar-refractivity contribution in [3.05, 3.63) is 144 Å².